The van der Waals surface area contributed by atoms with Crippen LogP contribution in [0, 0.1) is 17.3 Å². The molecule has 1 unspecified atom stereocenters. The van der Waals surface area contributed by atoms with Crippen LogP contribution in [0.3, 0.4) is 0 Å². The molecule has 1 saturated carbocycles. The van der Waals surface area contributed by atoms with Crippen LogP contribution in [0.5, 0.6) is 0 Å². The first-order valence-electron chi connectivity index (χ1n) is 11.0. The number of ether oxygens (including phenoxy) is 1. The standard InChI is InChI=1S/C21H35N3O3.ClH/c1-3-16(4-2)14-24-15-21(27-19(24)26)7-11-23(12-8-21)18(25)17-13-20(17)5-9-22-10-6-20;/h16-17,22H,3-15H2,1-2H3;1H. The van der Waals surface area contributed by atoms with Gasteiger partial charge in [-0.3, -0.25) is 4.79 Å². The maximum absolute atomic E-state index is 13.0. The number of carbonyl (C=O) groups is 2. The van der Waals surface area contributed by atoms with Gasteiger partial charge in [0.25, 0.3) is 0 Å². The van der Waals surface area contributed by atoms with Crippen LogP contribution in [0.1, 0.15) is 58.8 Å². The van der Waals surface area contributed by atoms with E-state index in [0.29, 0.717) is 23.8 Å². The van der Waals surface area contributed by atoms with Crippen LogP contribution >= 0.6 is 12.4 Å². The van der Waals surface area contributed by atoms with Crippen molar-refractivity contribution in [3.05, 3.63) is 0 Å². The van der Waals surface area contributed by atoms with E-state index >= 15 is 0 Å². The molecular weight excluding hydrogens is 378 g/mol. The van der Waals surface area contributed by atoms with Crippen LogP contribution in [0.25, 0.3) is 0 Å². The monoisotopic (exact) mass is 413 g/mol. The number of nitrogens with one attached hydrogen (secondary N) is 1. The number of carbonyl (C=O) groups excluding carboxylic acids is 2. The van der Waals surface area contributed by atoms with Crippen LogP contribution in [0.2, 0.25) is 0 Å². The summed E-state index contributed by atoms with van der Waals surface area (Å²) < 4.78 is 5.85. The van der Waals surface area contributed by atoms with Crippen molar-refractivity contribution in [2.24, 2.45) is 17.3 Å². The number of hydrogen-bond donors (Lipinski definition) is 1. The molecule has 7 heteroatoms. The number of piperidine rings is 2. The van der Waals surface area contributed by atoms with E-state index in [9.17, 15) is 9.59 Å². The second kappa shape index (κ2) is 8.39. The number of amides is 2. The maximum Gasteiger partial charge on any atom is 0.410 e. The minimum absolute atomic E-state index is 0. The van der Waals surface area contributed by atoms with Gasteiger partial charge in [-0.15, -0.1) is 12.4 Å². The Morgan fingerprint density at radius 1 is 1.18 bits per heavy atom. The van der Waals surface area contributed by atoms with Crippen molar-refractivity contribution in [3.8, 4) is 0 Å². The summed E-state index contributed by atoms with van der Waals surface area (Å²) in [7, 11) is 0. The summed E-state index contributed by atoms with van der Waals surface area (Å²) in [6, 6.07) is 0. The molecule has 3 heterocycles. The third-order valence-corrected chi connectivity index (χ3v) is 7.75. The fourth-order valence-corrected chi connectivity index (χ4v) is 5.48. The van der Waals surface area contributed by atoms with Crippen molar-refractivity contribution in [2.45, 2.75) is 64.4 Å². The van der Waals surface area contributed by atoms with Gasteiger partial charge in [0.05, 0.1) is 6.54 Å². The largest absolute Gasteiger partial charge is 0.441 e. The van der Waals surface area contributed by atoms with E-state index in [4.69, 9.17) is 4.74 Å². The number of hydrogen-bond acceptors (Lipinski definition) is 4. The van der Waals surface area contributed by atoms with E-state index in [2.05, 4.69) is 19.2 Å². The van der Waals surface area contributed by atoms with Crippen LogP contribution < -0.4 is 5.32 Å². The summed E-state index contributed by atoms with van der Waals surface area (Å²) in [6.45, 7) is 9.43. The molecule has 28 heavy (non-hydrogen) atoms. The van der Waals surface area contributed by atoms with Crippen molar-refractivity contribution >= 4 is 24.4 Å². The van der Waals surface area contributed by atoms with Crippen molar-refractivity contribution in [1.82, 2.24) is 15.1 Å². The summed E-state index contributed by atoms with van der Waals surface area (Å²) in [5.74, 6) is 1.14. The van der Waals surface area contributed by atoms with Crippen LogP contribution in [-0.2, 0) is 9.53 Å². The molecule has 3 saturated heterocycles. The van der Waals surface area contributed by atoms with Gasteiger partial charge in [-0.1, -0.05) is 26.7 Å². The molecule has 160 valence electrons. The molecule has 2 spiro atoms. The van der Waals surface area contributed by atoms with Gasteiger partial charge >= 0.3 is 6.09 Å². The van der Waals surface area contributed by atoms with Gasteiger partial charge in [0.15, 0.2) is 0 Å². The van der Waals surface area contributed by atoms with Crippen LogP contribution in [0.15, 0.2) is 0 Å². The van der Waals surface area contributed by atoms with E-state index in [-0.39, 0.29) is 30.0 Å². The molecule has 1 N–H and O–H groups in total. The van der Waals surface area contributed by atoms with Crippen molar-refractivity contribution in [1.29, 1.82) is 0 Å². The predicted molar refractivity (Wildman–Crippen MR) is 111 cm³/mol. The first kappa shape index (κ1) is 21.7. The SMILES string of the molecule is CCC(CC)CN1CC2(CCN(C(=O)C3CC34CCNCC4)CC2)OC1=O.Cl. The minimum Gasteiger partial charge on any atom is -0.441 e. The van der Waals surface area contributed by atoms with E-state index < -0.39 is 0 Å². The molecule has 0 aromatic carbocycles. The lowest BCUT2D eigenvalue weighted by Crippen LogP contribution is -2.49. The average molecular weight is 414 g/mol. The lowest BCUT2D eigenvalue weighted by molar-refractivity contribution is -0.137. The van der Waals surface area contributed by atoms with Gasteiger partial charge in [0.2, 0.25) is 5.91 Å². The lowest BCUT2D eigenvalue weighted by atomic mass is 9.89. The van der Waals surface area contributed by atoms with Gasteiger partial charge in [-0.25, -0.2) is 4.79 Å². The Kier molecular flexibility index (Phi) is 6.50. The molecule has 4 fully saturated rings. The molecule has 2 amide bonds. The summed E-state index contributed by atoms with van der Waals surface area (Å²) >= 11 is 0. The zero-order chi connectivity index (χ0) is 19.1. The molecule has 1 atom stereocenters. The van der Waals surface area contributed by atoms with Crippen molar-refractivity contribution in [3.63, 3.8) is 0 Å². The molecule has 1 aliphatic carbocycles. The van der Waals surface area contributed by atoms with Crippen LogP contribution in [-0.4, -0.2) is 66.7 Å². The highest BCUT2D eigenvalue weighted by Crippen LogP contribution is 2.59. The van der Waals surface area contributed by atoms with Gasteiger partial charge in [0.1, 0.15) is 5.60 Å². The average Bonchev–Trinajstić information content (AvgIpc) is 3.28. The van der Waals surface area contributed by atoms with Crippen LogP contribution in [0.4, 0.5) is 4.79 Å². The third-order valence-electron chi connectivity index (χ3n) is 7.75. The Balaban J connectivity index is 0.00000225. The molecule has 4 rings (SSSR count). The fraction of sp³-hybridized carbons (Fsp3) is 0.905. The van der Waals surface area contributed by atoms with Gasteiger partial charge in [-0.2, -0.15) is 0 Å². The van der Waals surface area contributed by atoms with Crippen molar-refractivity contribution in [2.75, 3.05) is 39.3 Å². The van der Waals surface area contributed by atoms with Gasteiger partial charge in [0, 0.05) is 38.4 Å². The Bertz CT molecular complexity index is 581. The summed E-state index contributed by atoms with van der Waals surface area (Å²) in [5.41, 5.74) is -0.0701. The smallest absolute Gasteiger partial charge is 0.410 e. The molecule has 3 aliphatic heterocycles. The summed E-state index contributed by atoms with van der Waals surface area (Å²) in [6.07, 6.45) is 6.96. The molecular formula is C21H36ClN3O3. The Labute approximate surface area is 175 Å². The Morgan fingerprint density at radius 3 is 2.43 bits per heavy atom. The normalized spacial score (nSPS) is 27.8. The van der Waals surface area contributed by atoms with Crippen molar-refractivity contribution < 1.29 is 14.3 Å². The Hall–Kier alpha value is -1.01. The summed E-state index contributed by atoms with van der Waals surface area (Å²) in [5, 5.41) is 3.40. The zero-order valence-corrected chi connectivity index (χ0v) is 18.2. The minimum atomic E-state index is -0.365. The molecule has 0 aromatic heterocycles. The molecule has 6 nitrogen and oxygen atoms in total. The van der Waals surface area contributed by atoms with E-state index in [1.807, 2.05) is 9.80 Å². The summed E-state index contributed by atoms with van der Waals surface area (Å²) in [4.78, 5) is 29.3. The molecule has 0 aromatic rings. The highest BCUT2D eigenvalue weighted by Gasteiger charge is 2.59. The highest BCUT2D eigenvalue weighted by molar-refractivity contribution is 5.85. The number of halogens is 1. The van der Waals surface area contributed by atoms with E-state index in [1.54, 1.807) is 0 Å². The fourth-order valence-electron chi connectivity index (χ4n) is 5.48. The second-order valence-corrected chi connectivity index (χ2v) is 9.31. The quantitative estimate of drug-likeness (QED) is 0.752. The number of nitrogens with zero attached hydrogens (tertiary/aromatic N) is 2. The zero-order valence-electron chi connectivity index (χ0n) is 17.4. The van der Waals surface area contributed by atoms with Gasteiger partial charge in [-0.05, 0) is 43.7 Å². The van der Waals surface area contributed by atoms with E-state index in [1.165, 1.54) is 0 Å². The maximum atomic E-state index is 13.0. The first-order valence-corrected chi connectivity index (χ1v) is 11.0. The number of rotatable bonds is 5. The molecule has 4 aliphatic rings. The molecule has 0 bridgehead atoms. The number of likely N-dealkylation sites (tertiary alicyclic amines) is 1. The highest BCUT2D eigenvalue weighted by atomic mass is 35.5. The molecule has 0 radical (unpaired) electrons. The predicted octanol–water partition coefficient (Wildman–Crippen LogP) is 3.05. The topological polar surface area (TPSA) is 61.9 Å². The second-order valence-electron chi connectivity index (χ2n) is 9.31. The van der Waals surface area contributed by atoms with Gasteiger partial charge < -0.3 is 19.9 Å². The van der Waals surface area contributed by atoms with E-state index in [0.717, 1.165) is 77.7 Å². The third kappa shape index (κ3) is 4.00. The Morgan fingerprint density at radius 2 is 1.82 bits per heavy atom. The lowest BCUT2D eigenvalue weighted by Gasteiger charge is -2.38. The first-order chi connectivity index (χ1) is 13.0.